The molecule has 1 fully saturated rings. The maximum absolute atomic E-state index is 3.93. The van der Waals surface area contributed by atoms with Crippen LogP contribution in [0.1, 0.15) is 50.5 Å². The Morgan fingerprint density at radius 2 is 1.64 bits per heavy atom. The highest BCUT2D eigenvalue weighted by atomic mass is 14.4. The van der Waals surface area contributed by atoms with Gasteiger partial charge in [-0.3, -0.25) is 0 Å². The zero-order valence-corrected chi connectivity index (χ0v) is 13.6. The molecular weight excluding hydrogens is 264 g/mol. The van der Waals surface area contributed by atoms with Crippen molar-refractivity contribution in [2.24, 2.45) is 5.41 Å². The normalized spacial score (nSPS) is 24.9. The molecule has 0 radical (unpaired) electrons. The SMILES string of the molecule is C=CCC1(C)CCC(c2ccccc2-c2ccccc2)CC1. The standard InChI is InChI=1S/C22H26/c1-3-15-22(2)16-13-19(14-17-22)21-12-8-7-11-20(21)18-9-5-4-6-10-18/h3-12,19H,1,13-17H2,2H3. The van der Waals surface area contributed by atoms with E-state index in [1.807, 2.05) is 0 Å². The summed E-state index contributed by atoms with van der Waals surface area (Å²) in [7, 11) is 0. The highest BCUT2D eigenvalue weighted by Crippen LogP contribution is 2.46. The molecule has 0 spiro atoms. The van der Waals surface area contributed by atoms with E-state index < -0.39 is 0 Å². The molecule has 0 nitrogen and oxygen atoms in total. The molecular formula is C22H26. The van der Waals surface area contributed by atoms with Crippen molar-refractivity contribution in [2.45, 2.75) is 44.9 Å². The molecule has 114 valence electrons. The van der Waals surface area contributed by atoms with Crippen LogP contribution >= 0.6 is 0 Å². The van der Waals surface area contributed by atoms with Gasteiger partial charge in [-0.25, -0.2) is 0 Å². The third-order valence-corrected chi connectivity index (χ3v) is 5.32. The molecule has 3 rings (SSSR count). The van der Waals surface area contributed by atoms with Gasteiger partial charge in [-0.15, -0.1) is 6.58 Å². The largest absolute Gasteiger partial charge is 0.103 e. The summed E-state index contributed by atoms with van der Waals surface area (Å²) in [5, 5.41) is 0. The third-order valence-electron chi connectivity index (χ3n) is 5.32. The third kappa shape index (κ3) is 3.16. The predicted molar refractivity (Wildman–Crippen MR) is 96.0 cm³/mol. The minimum atomic E-state index is 0.472. The van der Waals surface area contributed by atoms with Crippen molar-refractivity contribution in [3.8, 4) is 11.1 Å². The second kappa shape index (κ2) is 6.52. The Labute approximate surface area is 134 Å². The lowest BCUT2D eigenvalue weighted by molar-refractivity contribution is 0.202. The van der Waals surface area contributed by atoms with Crippen molar-refractivity contribution in [3.63, 3.8) is 0 Å². The molecule has 0 heterocycles. The van der Waals surface area contributed by atoms with Crippen molar-refractivity contribution in [3.05, 3.63) is 72.8 Å². The number of hydrogen-bond donors (Lipinski definition) is 0. The lowest BCUT2D eigenvalue weighted by Crippen LogP contribution is -2.23. The topological polar surface area (TPSA) is 0 Å². The Kier molecular flexibility index (Phi) is 4.47. The Balaban J connectivity index is 1.84. The van der Waals surface area contributed by atoms with E-state index in [0.29, 0.717) is 11.3 Å². The fraction of sp³-hybridized carbons (Fsp3) is 0.364. The maximum atomic E-state index is 3.93. The Morgan fingerprint density at radius 1 is 1.00 bits per heavy atom. The average molecular weight is 290 g/mol. The van der Waals surface area contributed by atoms with Crippen LogP contribution < -0.4 is 0 Å². The van der Waals surface area contributed by atoms with Crippen LogP contribution in [0.5, 0.6) is 0 Å². The van der Waals surface area contributed by atoms with Gasteiger partial charge in [0, 0.05) is 0 Å². The van der Waals surface area contributed by atoms with Gasteiger partial charge in [0.15, 0.2) is 0 Å². The van der Waals surface area contributed by atoms with Gasteiger partial charge in [0.05, 0.1) is 0 Å². The zero-order chi connectivity index (χ0) is 15.4. The quantitative estimate of drug-likeness (QED) is 0.557. The fourth-order valence-electron chi connectivity index (χ4n) is 3.91. The van der Waals surface area contributed by atoms with Crippen LogP contribution in [0.15, 0.2) is 67.3 Å². The summed E-state index contributed by atoms with van der Waals surface area (Å²) in [4.78, 5) is 0. The molecule has 1 aliphatic carbocycles. The van der Waals surface area contributed by atoms with Gasteiger partial charge in [0.25, 0.3) is 0 Å². The number of rotatable bonds is 4. The van der Waals surface area contributed by atoms with Gasteiger partial charge in [0.2, 0.25) is 0 Å². The minimum absolute atomic E-state index is 0.472. The molecule has 0 amide bonds. The van der Waals surface area contributed by atoms with Gasteiger partial charge in [-0.2, -0.15) is 0 Å². The van der Waals surface area contributed by atoms with Gasteiger partial charge >= 0.3 is 0 Å². The molecule has 0 N–H and O–H groups in total. The van der Waals surface area contributed by atoms with E-state index in [-0.39, 0.29) is 0 Å². The van der Waals surface area contributed by atoms with Gasteiger partial charge in [-0.1, -0.05) is 67.6 Å². The highest BCUT2D eigenvalue weighted by Gasteiger charge is 2.31. The Hall–Kier alpha value is -1.82. The van der Waals surface area contributed by atoms with Crippen molar-refractivity contribution in [1.82, 2.24) is 0 Å². The second-order valence-corrected chi connectivity index (χ2v) is 7.03. The average Bonchev–Trinajstić information content (AvgIpc) is 2.56. The van der Waals surface area contributed by atoms with Crippen LogP contribution in [0, 0.1) is 5.41 Å². The molecule has 2 aromatic rings. The number of allylic oxidation sites excluding steroid dienone is 1. The van der Waals surface area contributed by atoms with Gasteiger partial charge in [0.1, 0.15) is 0 Å². The van der Waals surface area contributed by atoms with E-state index in [1.165, 1.54) is 42.4 Å². The predicted octanol–water partition coefficient (Wildman–Crippen LogP) is 6.59. The van der Waals surface area contributed by atoms with E-state index >= 15 is 0 Å². The van der Waals surface area contributed by atoms with Crippen LogP contribution in [0.25, 0.3) is 11.1 Å². The van der Waals surface area contributed by atoms with Crippen LogP contribution in [-0.2, 0) is 0 Å². The first-order valence-corrected chi connectivity index (χ1v) is 8.47. The van der Waals surface area contributed by atoms with Crippen LogP contribution in [0.3, 0.4) is 0 Å². The lowest BCUT2D eigenvalue weighted by Gasteiger charge is -2.37. The molecule has 0 bridgehead atoms. The lowest BCUT2D eigenvalue weighted by atomic mass is 9.68. The van der Waals surface area contributed by atoms with E-state index in [2.05, 4.69) is 74.2 Å². The molecule has 0 aliphatic heterocycles. The van der Waals surface area contributed by atoms with Gasteiger partial charge < -0.3 is 0 Å². The summed E-state index contributed by atoms with van der Waals surface area (Å²) in [5.41, 5.74) is 4.77. The molecule has 1 saturated carbocycles. The summed E-state index contributed by atoms with van der Waals surface area (Å²) in [5.74, 6) is 0.703. The van der Waals surface area contributed by atoms with Crippen molar-refractivity contribution >= 4 is 0 Å². The first kappa shape index (κ1) is 15.1. The maximum Gasteiger partial charge on any atom is -0.0149 e. The highest BCUT2D eigenvalue weighted by molar-refractivity contribution is 5.68. The monoisotopic (exact) mass is 290 g/mol. The first-order valence-electron chi connectivity index (χ1n) is 8.47. The Morgan fingerprint density at radius 3 is 2.32 bits per heavy atom. The van der Waals surface area contributed by atoms with Gasteiger partial charge in [-0.05, 0) is 60.1 Å². The molecule has 0 aromatic heterocycles. The van der Waals surface area contributed by atoms with Crippen molar-refractivity contribution in [1.29, 1.82) is 0 Å². The van der Waals surface area contributed by atoms with Crippen LogP contribution in [0.4, 0.5) is 0 Å². The van der Waals surface area contributed by atoms with Crippen LogP contribution in [0.2, 0.25) is 0 Å². The second-order valence-electron chi connectivity index (χ2n) is 7.03. The summed E-state index contributed by atoms with van der Waals surface area (Å²) in [6.45, 7) is 6.36. The smallest absolute Gasteiger partial charge is 0.0149 e. The van der Waals surface area contributed by atoms with Crippen molar-refractivity contribution in [2.75, 3.05) is 0 Å². The molecule has 0 heteroatoms. The summed E-state index contributed by atoms with van der Waals surface area (Å²) >= 11 is 0. The molecule has 0 unspecified atom stereocenters. The summed E-state index contributed by atoms with van der Waals surface area (Å²) in [6.07, 6.45) is 8.47. The van der Waals surface area contributed by atoms with E-state index in [4.69, 9.17) is 0 Å². The van der Waals surface area contributed by atoms with E-state index in [0.717, 1.165) is 6.42 Å². The Bertz CT molecular complexity index is 615. The molecule has 22 heavy (non-hydrogen) atoms. The van der Waals surface area contributed by atoms with Crippen LogP contribution in [-0.4, -0.2) is 0 Å². The zero-order valence-electron chi connectivity index (χ0n) is 13.6. The molecule has 2 aromatic carbocycles. The number of benzene rings is 2. The summed E-state index contributed by atoms with van der Waals surface area (Å²) in [6, 6.07) is 19.8. The first-order chi connectivity index (χ1) is 10.7. The molecule has 0 saturated heterocycles. The fourth-order valence-corrected chi connectivity index (χ4v) is 3.91. The van der Waals surface area contributed by atoms with E-state index in [1.54, 1.807) is 0 Å². The molecule has 1 aliphatic rings. The van der Waals surface area contributed by atoms with E-state index in [9.17, 15) is 0 Å². The number of hydrogen-bond acceptors (Lipinski definition) is 0. The molecule has 0 atom stereocenters. The minimum Gasteiger partial charge on any atom is -0.103 e. The van der Waals surface area contributed by atoms with Crippen molar-refractivity contribution < 1.29 is 0 Å². The summed E-state index contributed by atoms with van der Waals surface area (Å²) < 4.78 is 0.